The number of hydrogen-bond acceptors (Lipinski definition) is 1. The van der Waals surface area contributed by atoms with Crippen LogP contribution in [0, 0.1) is 11.3 Å². The lowest BCUT2D eigenvalue weighted by atomic mass is 10.2. The van der Waals surface area contributed by atoms with Crippen LogP contribution in [0.5, 0.6) is 0 Å². The molecule has 0 aliphatic heterocycles. The summed E-state index contributed by atoms with van der Waals surface area (Å²) in [6.45, 7) is 3.97. The maximum absolute atomic E-state index is 9.28. The highest BCUT2D eigenvalue weighted by Crippen LogP contribution is 2.32. The molecule has 0 N–H and O–H groups in total. The highest BCUT2D eigenvalue weighted by Gasteiger charge is 2.15. The normalized spacial score (nSPS) is 12.2. The Morgan fingerprint density at radius 2 is 2.06 bits per heavy atom. The highest BCUT2D eigenvalue weighted by molar-refractivity contribution is 9.10. The van der Waals surface area contributed by atoms with E-state index in [0.29, 0.717) is 5.56 Å². The molecule has 0 aliphatic rings. The van der Waals surface area contributed by atoms with Crippen molar-refractivity contribution < 1.29 is 0 Å². The Morgan fingerprint density at radius 3 is 2.67 bits per heavy atom. The Kier molecular flexibility index (Phi) is 3.69. The van der Waals surface area contributed by atoms with Crippen LogP contribution < -0.4 is 0 Å². The van der Waals surface area contributed by atoms with Crippen molar-refractivity contribution in [3.63, 3.8) is 0 Å². The second kappa shape index (κ2) is 5.24. The lowest BCUT2D eigenvalue weighted by molar-refractivity contribution is 1.13. The molecule has 2 aromatic rings. The van der Waals surface area contributed by atoms with Crippen molar-refractivity contribution in [1.29, 1.82) is 5.26 Å². The molecule has 0 spiro atoms. The summed E-state index contributed by atoms with van der Waals surface area (Å²) in [4.78, 5) is 0. The number of rotatable bonds is 2. The maximum Gasteiger partial charge on any atom is 0.108 e. The zero-order valence-corrected chi connectivity index (χ0v) is 11.9. The number of fused-ring (bicyclic) bond motifs is 1. The van der Waals surface area contributed by atoms with Crippen molar-refractivity contribution in [2.45, 2.75) is 13.8 Å². The standard InChI is InChI=1S/C15H13BrN2/c1-3-7-11(4-2)18-14-9-6-5-8-12(14)13(10-17)15(18)16/h3-9H,1-2H3/b7-3-,11-4+. The minimum absolute atomic E-state index is 0.675. The van der Waals surface area contributed by atoms with Crippen LogP contribution in [-0.4, -0.2) is 4.57 Å². The van der Waals surface area contributed by atoms with E-state index in [0.717, 1.165) is 21.2 Å². The fraction of sp³-hybridized carbons (Fsp3) is 0.133. The molecule has 18 heavy (non-hydrogen) atoms. The summed E-state index contributed by atoms with van der Waals surface area (Å²) in [5.41, 5.74) is 2.75. The Bertz CT molecular complexity index is 684. The van der Waals surface area contributed by atoms with Gasteiger partial charge in [-0.05, 0) is 41.9 Å². The first-order chi connectivity index (χ1) is 8.74. The number of aromatic nitrogens is 1. The fourth-order valence-electron chi connectivity index (χ4n) is 2.04. The van der Waals surface area contributed by atoms with E-state index in [-0.39, 0.29) is 0 Å². The molecule has 0 bridgehead atoms. The molecule has 2 nitrogen and oxygen atoms in total. The van der Waals surface area contributed by atoms with Gasteiger partial charge in [0.2, 0.25) is 0 Å². The summed E-state index contributed by atoms with van der Waals surface area (Å²) in [5, 5.41) is 10.3. The molecule has 0 fully saturated rings. The summed E-state index contributed by atoms with van der Waals surface area (Å²) in [7, 11) is 0. The summed E-state index contributed by atoms with van der Waals surface area (Å²) >= 11 is 3.53. The Labute approximate surface area is 115 Å². The van der Waals surface area contributed by atoms with Gasteiger partial charge < -0.3 is 4.57 Å². The van der Waals surface area contributed by atoms with E-state index in [1.54, 1.807) is 0 Å². The molecule has 0 saturated carbocycles. The van der Waals surface area contributed by atoms with Crippen molar-refractivity contribution in [2.75, 3.05) is 0 Å². The molecule has 90 valence electrons. The van der Waals surface area contributed by atoms with Crippen LogP contribution in [0.2, 0.25) is 0 Å². The first-order valence-corrected chi connectivity index (χ1v) is 6.52. The smallest absolute Gasteiger partial charge is 0.108 e. The van der Waals surface area contributed by atoms with Gasteiger partial charge >= 0.3 is 0 Å². The van der Waals surface area contributed by atoms with E-state index >= 15 is 0 Å². The molecule has 2 rings (SSSR count). The summed E-state index contributed by atoms with van der Waals surface area (Å²) in [6, 6.07) is 10.2. The van der Waals surface area contributed by atoms with Gasteiger partial charge in [-0.2, -0.15) is 5.26 Å². The molecule has 0 amide bonds. The number of nitrogens with zero attached hydrogens (tertiary/aromatic N) is 2. The summed E-state index contributed by atoms with van der Waals surface area (Å²) in [6.07, 6.45) is 6.04. The second-order valence-electron chi connectivity index (χ2n) is 3.84. The zero-order valence-electron chi connectivity index (χ0n) is 10.3. The van der Waals surface area contributed by atoms with E-state index in [4.69, 9.17) is 0 Å². The minimum atomic E-state index is 0.675. The van der Waals surface area contributed by atoms with Gasteiger partial charge in [0, 0.05) is 11.1 Å². The Balaban J connectivity index is 2.87. The van der Waals surface area contributed by atoms with Crippen molar-refractivity contribution >= 4 is 32.5 Å². The summed E-state index contributed by atoms with van der Waals surface area (Å²) in [5.74, 6) is 0. The molecule has 1 aromatic heterocycles. The van der Waals surface area contributed by atoms with Gasteiger partial charge in [-0.3, -0.25) is 0 Å². The van der Waals surface area contributed by atoms with Gasteiger partial charge in [0.1, 0.15) is 10.7 Å². The van der Waals surface area contributed by atoms with Crippen LogP contribution in [0.25, 0.3) is 16.6 Å². The third-order valence-corrected chi connectivity index (χ3v) is 3.57. The van der Waals surface area contributed by atoms with E-state index < -0.39 is 0 Å². The first kappa shape index (κ1) is 12.7. The van der Waals surface area contributed by atoms with E-state index in [1.165, 1.54) is 0 Å². The molecule has 3 heteroatoms. The third-order valence-electron chi connectivity index (χ3n) is 2.82. The number of para-hydroxylation sites is 1. The SMILES string of the molecule is C/C=C\C(=C/C)n1c(Br)c(C#N)c2ccccc21. The predicted molar refractivity (Wildman–Crippen MR) is 79.1 cm³/mol. The van der Waals surface area contributed by atoms with E-state index in [9.17, 15) is 5.26 Å². The van der Waals surface area contributed by atoms with Gasteiger partial charge in [-0.1, -0.05) is 30.4 Å². The summed E-state index contributed by atoms with van der Waals surface area (Å²) < 4.78 is 2.85. The lowest BCUT2D eigenvalue weighted by Gasteiger charge is -2.07. The average molecular weight is 301 g/mol. The van der Waals surface area contributed by atoms with Gasteiger partial charge in [0.25, 0.3) is 0 Å². The van der Waals surface area contributed by atoms with Crippen LogP contribution in [0.4, 0.5) is 0 Å². The van der Waals surface area contributed by atoms with Crippen molar-refractivity contribution in [3.8, 4) is 6.07 Å². The van der Waals surface area contributed by atoms with Crippen molar-refractivity contribution in [1.82, 2.24) is 4.57 Å². The highest BCUT2D eigenvalue weighted by atomic mass is 79.9. The van der Waals surface area contributed by atoms with Crippen LogP contribution in [0.15, 0.2) is 47.1 Å². The monoisotopic (exact) mass is 300 g/mol. The molecular weight excluding hydrogens is 288 g/mol. The Morgan fingerprint density at radius 1 is 1.33 bits per heavy atom. The number of allylic oxidation sites excluding steroid dienone is 4. The molecular formula is C15H13BrN2. The average Bonchev–Trinajstić information content (AvgIpc) is 2.68. The van der Waals surface area contributed by atoms with Crippen molar-refractivity contribution in [3.05, 3.63) is 52.7 Å². The van der Waals surface area contributed by atoms with Crippen LogP contribution in [0.1, 0.15) is 19.4 Å². The maximum atomic E-state index is 9.28. The zero-order chi connectivity index (χ0) is 13.1. The first-order valence-electron chi connectivity index (χ1n) is 5.73. The number of halogens is 1. The molecule has 0 unspecified atom stereocenters. The lowest BCUT2D eigenvalue weighted by Crippen LogP contribution is -1.94. The van der Waals surface area contributed by atoms with Gasteiger partial charge in [-0.25, -0.2) is 0 Å². The van der Waals surface area contributed by atoms with Crippen molar-refractivity contribution in [2.24, 2.45) is 0 Å². The van der Waals surface area contributed by atoms with Crippen LogP contribution >= 0.6 is 15.9 Å². The largest absolute Gasteiger partial charge is 0.303 e. The molecule has 0 aliphatic carbocycles. The molecule has 0 radical (unpaired) electrons. The topological polar surface area (TPSA) is 28.7 Å². The van der Waals surface area contributed by atoms with Crippen LogP contribution in [0.3, 0.4) is 0 Å². The van der Waals surface area contributed by atoms with Gasteiger partial charge in [0.15, 0.2) is 0 Å². The second-order valence-corrected chi connectivity index (χ2v) is 4.59. The molecule has 0 saturated heterocycles. The third kappa shape index (κ3) is 1.89. The quantitative estimate of drug-likeness (QED) is 0.738. The molecule has 0 atom stereocenters. The number of nitriles is 1. The Hall–Kier alpha value is -1.79. The molecule has 1 heterocycles. The fourth-order valence-corrected chi connectivity index (χ4v) is 2.74. The minimum Gasteiger partial charge on any atom is -0.303 e. The number of hydrogen-bond donors (Lipinski definition) is 0. The number of benzene rings is 1. The van der Waals surface area contributed by atoms with Gasteiger partial charge in [-0.15, -0.1) is 0 Å². The van der Waals surface area contributed by atoms with Crippen LogP contribution in [-0.2, 0) is 0 Å². The van der Waals surface area contributed by atoms with E-state index in [1.807, 2.05) is 60.9 Å². The van der Waals surface area contributed by atoms with E-state index in [2.05, 4.69) is 22.0 Å². The predicted octanol–water partition coefficient (Wildman–Crippen LogP) is 4.71. The van der Waals surface area contributed by atoms with Gasteiger partial charge in [0.05, 0.1) is 11.1 Å². The molecule has 1 aromatic carbocycles.